The first-order valence-corrected chi connectivity index (χ1v) is 12.6. The molecule has 0 aromatic rings. The maximum atomic E-state index is 6.15. The van der Waals surface area contributed by atoms with Crippen LogP contribution in [0.4, 0.5) is 0 Å². The van der Waals surface area contributed by atoms with Crippen LogP contribution in [0.5, 0.6) is 0 Å². The molecule has 15 heavy (non-hydrogen) atoms. The molecule has 1 nitrogen and oxygen atoms in total. The van der Waals surface area contributed by atoms with Crippen LogP contribution in [0.3, 0.4) is 0 Å². The van der Waals surface area contributed by atoms with E-state index >= 15 is 0 Å². The molecule has 0 aliphatic heterocycles. The van der Waals surface area contributed by atoms with Gasteiger partial charge in [-0.25, -0.2) is 0 Å². The molecule has 0 radical (unpaired) electrons. The summed E-state index contributed by atoms with van der Waals surface area (Å²) in [6.07, 6.45) is 0. The van der Waals surface area contributed by atoms with E-state index in [1.54, 1.807) is 0 Å². The lowest BCUT2D eigenvalue weighted by Crippen LogP contribution is -2.42. The Kier molecular flexibility index (Phi) is 5.59. The molecule has 0 aliphatic rings. The average molecular weight is 267 g/mol. The molecule has 92 valence electrons. The second kappa shape index (κ2) is 5.34. The fourth-order valence-electron chi connectivity index (χ4n) is 0.866. The summed E-state index contributed by atoms with van der Waals surface area (Å²) in [5.74, 6) is 0. The van der Waals surface area contributed by atoms with Crippen molar-refractivity contribution >= 4 is 28.0 Å². The SMILES string of the molecule is CC(C)(C)[Si](C)(C)OCC[Si](C)(C)CCl. The molecule has 0 heterocycles. The highest BCUT2D eigenvalue weighted by atomic mass is 35.5. The Balaban J connectivity index is 4.07. The summed E-state index contributed by atoms with van der Waals surface area (Å²) >= 11 is 5.95. The Labute approximate surface area is 103 Å². The number of hydrogen-bond donors (Lipinski definition) is 0. The number of hydrogen-bond acceptors (Lipinski definition) is 1. The predicted molar refractivity (Wildman–Crippen MR) is 76.2 cm³/mol. The van der Waals surface area contributed by atoms with E-state index in [1.807, 2.05) is 0 Å². The van der Waals surface area contributed by atoms with Crippen LogP contribution in [-0.4, -0.2) is 28.5 Å². The predicted octanol–water partition coefficient (Wildman–Crippen LogP) is 4.49. The lowest BCUT2D eigenvalue weighted by Gasteiger charge is -2.37. The number of alkyl halides is 1. The summed E-state index contributed by atoms with van der Waals surface area (Å²) in [6.45, 7) is 17.0. The van der Waals surface area contributed by atoms with E-state index in [0.717, 1.165) is 12.1 Å². The van der Waals surface area contributed by atoms with Crippen LogP contribution in [-0.2, 0) is 4.43 Å². The van der Waals surface area contributed by atoms with E-state index < -0.39 is 16.4 Å². The van der Waals surface area contributed by atoms with E-state index in [9.17, 15) is 0 Å². The van der Waals surface area contributed by atoms with Crippen molar-refractivity contribution in [1.29, 1.82) is 0 Å². The summed E-state index contributed by atoms with van der Waals surface area (Å²) in [5, 5.41) is 0.319. The van der Waals surface area contributed by atoms with Crippen molar-refractivity contribution in [3.63, 3.8) is 0 Å². The van der Waals surface area contributed by atoms with Crippen LogP contribution in [0.2, 0.25) is 37.3 Å². The van der Waals surface area contributed by atoms with Gasteiger partial charge in [-0.05, 0) is 24.2 Å². The van der Waals surface area contributed by atoms with Gasteiger partial charge in [-0.3, -0.25) is 0 Å². The van der Waals surface area contributed by atoms with Crippen LogP contribution in [0.25, 0.3) is 0 Å². The number of halogens is 1. The van der Waals surface area contributed by atoms with E-state index in [-0.39, 0.29) is 0 Å². The van der Waals surface area contributed by atoms with Gasteiger partial charge in [0, 0.05) is 12.1 Å². The van der Waals surface area contributed by atoms with Crippen molar-refractivity contribution in [2.24, 2.45) is 0 Å². The lowest BCUT2D eigenvalue weighted by atomic mass is 10.2. The van der Waals surface area contributed by atoms with Crippen molar-refractivity contribution in [3.05, 3.63) is 0 Å². The van der Waals surface area contributed by atoms with Crippen LogP contribution < -0.4 is 0 Å². The van der Waals surface area contributed by atoms with Crippen LogP contribution in [0.15, 0.2) is 0 Å². The van der Waals surface area contributed by atoms with Crippen LogP contribution in [0, 0.1) is 0 Å². The third-order valence-electron chi connectivity index (χ3n) is 3.41. The van der Waals surface area contributed by atoms with E-state index in [0.29, 0.717) is 5.04 Å². The molecule has 0 saturated carbocycles. The number of rotatable bonds is 5. The zero-order valence-electron chi connectivity index (χ0n) is 11.4. The molecule has 0 aliphatic carbocycles. The molecular weight excluding hydrogens is 240 g/mol. The molecule has 0 atom stereocenters. The Morgan fingerprint density at radius 1 is 1.07 bits per heavy atom. The van der Waals surface area contributed by atoms with Crippen molar-refractivity contribution in [2.45, 2.75) is 58.0 Å². The van der Waals surface area contributed by atoms with Gasteiger partial charge in [0.05, 0.1) is 8.07 Å². The van der Waals surface area contributed by atoms with Crippen molar-refractivity contribution in [2.75, 3.05) is 12.1 Å². The van der Waals surface area contributed by atoms with E-state index in [2.05, 4.69) is 47.0 Å². The third kappa shape index (κ3) is 5.52. The second-order valence-electron chi connectivity index (χ2n) is 6.66. The molecule has 4 heteroatoms. The van der Waals surface area contributed by atoms with Crippen molar-refractivity contribution in [1.82, 2.24) is 0 Å². The minimum absolute atomic E-state index is 0.319. The normalized spacial score (nSPS) is 14.4. The molecule has 0 spiro atoms. The van der Waals surface area contributed by atoms with Gasteiger partial charge in [0.25, 0.3) is 0 Å². The summed E-state index contributed by atoms with van der Waals surface area (Å²) in [5.41, 5.74) is 0.841. The topological polar surface area (TPSA) is 9.23 Å². The average Bonchev–Trinajstić information content (AvgIpc) is 2.01. The van der Waals surface area contributed by atoms with Gasteiger partial charge >= 0.3 is 0 Å². The molecule has 0 aromatic carbocycles. The largest absolute Gasteiger partial charge is 0.417 e. The molecular formula is C11H27ClOSi2. The minimum Gasteiger partial charge on any atom is -0.417 e. The quantitative estimate of drug-likeness (QED) is 0.526. The summed E-state index contributed by atoms with van der Waals surface area (Å²) < 4.78 is 6.15. The Morgan fingerprint density at radius 3 is 1.87 bits per heavy atom. The van der Waals surface area contributed by atoms with Gasteiger partial charge in [-0.15, -0.1) is 11.6 Å². The fraction of sp³-hybridized carbons (Fsp3) is 1.00. The van der Waals surface area contributed by atoms with Gasteiger partial charge in [-0.2, -0.15) is 0 Å². The maximum Gasteiger partial charge on any atom is 0.191 e. The van der Waals surface area contributed by atoms with Gasteiger partial charge in [0.1, 0.15) is 0 Å². The van der Waals surface area contributed by atoms with Crippen molar-refractivity contribution in [3.8, 4) is 0 Å². The Bertz CT molecular complexity index is 197. The highest BCUT2D eigenvalue weighted by Gasteiger charge is 2.37. The fourth-order valence-corrected chi connectivity index (χ4v) is 3.30. The zero-order valence-corrected chi connectivity index (χ0v) is 14.2. The first-order chi connectivity index (χ1) is 6.52. The first kappa shape index (κ1) is 15.7. The Morgan fingerprint density at radius 2 is 1.53 bits per heavy atom. The second-order valence-corrected chi connectivity index (χ2v) is 17.4. The molecule has 0 aromatic heterocycles. The zero-order chi connectivity index (χ0) is 12.3. The van der Waals surface area contributed by atoms with Gasteiger partial charge in [-0.1, -0.05) is 33.9 Å². The molecule has 0 rings (SSSR count). The molecule has 0 fully saturated rings. The minimum atomic E-state index is -1.54. The van der Waals surface area contributed by atoms with E-state index in [4.69, 9.17) is 16.0 Å². The lowest BCUT2D eigenvalue weighted by molar-refractivity contribution is 0.306. The standard InChI is InChI=1S/C11H27ClOSi2/c1-11(2,3)15(6,7)13-8-9-14(4,5)10-12/h8-10H2,1-7H3. The first-order valence-electron chi connectivity index (χ1n) is 5.72. The third-order valence-corrected chi connectivity index (χ3v) is 12.4. The monoisotopic (exact) mass is 266 g/mol. The highest BCUT2D eigenvalue weighted by Crippen LogP contribution is 2.36. The Hall–Kier alpha value is 0.684. The summed E-state index contributed by atoms with van der Waals surface area (Å²) in [4.78, 5) is 0. The molecule has 0 saturated heterocycles. The molecule has 0 unspecified atom stereocenters. The molecule has 0 amide bonds. The summed E-state index contributed by atoms with van der Waals surface area (Å²) in [7, 11) is -2.71. The van der Waals surface area contributed by atoms with Gasteiger partial charge in [0.15, 0.2) is 8.32 Å². The smallest absolute Gasteiger partial charge is 0.191 e. The van der Waals surface area contributed by atoms with Crippen molar-refractivity contribution < 1.29 is 4.43 Å². The van der Waals surface area contributed by atoms with E-state index in [1.165, 1.54) is 6.04 Å². The van der Waals surface area contributed by atoms with Gasteiger partial charge in [0.2, 0.25) is 0 Å². The summed E-state index contributed by atoms with van der Waals surface area (Å²) in [6, 6.07) is 1.18. The van der Waals surface area contributed by atoms with Gasteiger partial charge < -0.3 is 4.43 Å². The molecule has 0 bridgehead atoms. The highest BCUT2D eigenvalue weighted by molar-refractivity contribution is 6.83. The van der Waals surface area contributed by atoms with Crippen LogP contribution in [0.1, 0.15) is 20.8 Å². The maximum absolute atomic E-state index is 6.15. The molecule has 0 N–H and O–H groups in total. The van der Waals surface area contributed by atoms with Crippen LogP contribution >= 0.6 is 11.6 Å².